The van der Waals surface area contributed by atoms with Crippen LogP contribution in [0.25, 0.3) is 33.2 Å². The molecule has 1 heterocycles. The van der Waals surface area contributed by atoms with E-state index in [9.17, 15) is 4.79 Å². The topological polar surface area (TPSA) is 60.5 Å². The number of rotatable bonds is 9. The van der Waals surface area contributed by atoms with Crippen LogP contribution in [0, 0.1) is 0 Å². The molecule has 0 aliphatic rings. The molecule has 174 valence electrons. The van der Waals surface area contributed by atoms with E-state index in [1.807, 2.05) is 37.4 Å². The van der Waals surface area contributed by atoms with E-state index in [-0.39, 0.29) is 12.4 Å². The molecule has 0 radical (unpaired) electrons. The lowest BCUT2D eigenvalue weighted by atomic mass is 9.92. The van der Waals surface area contributed by atoms with Crippen molar-refractivity contribution in [2.75, 3.05) is 20.3 Å². The van der Waals surface area contributed by atoms with Crippen molar-refractivity contribution in [3.8, 4) is 28.0 Å². The van der Waals surface area contributed by atoms with Crippen molar-refractivity contribution in [3.63, 3.8) is 0 Å². The molecule has 0 unspecified atom stereocenters. The maximum atomic E-state index is 12.0. The van der Waals surface area contributed by atoms with Crippen molar-refractivity contribution in [3.05, 3.63) is 84.1 Å². The molecule has 0 fully saturated rings. The van der Waals surface area contributed by atoms with E-state index in [2.05, 4.69) is 59.7 Å². The van der Waals surface area contributed by atoms with E-state index >= 15 is 0 Å². The second-order valence-electron chi connectivity index (χ2n) is 8.08. The average Bonchev–Trinajstić information content (AvgIpc) is 2.87. The fourth-order valence-electron chi connectivity index (χ4n) is 4.15. The lowest BCUT2D eigenvalue weighted by molar-refractivity contribution is -0.142. The van der Waals surface area contributed by atoms with Crippen LogP contribution in [-0.2, 0) is 22.5 Å². The quantitative estimate of drug-likeness (QED) is 0.324. The van der Waals surface area contributed by atoms with Gasteiger partial charge in [-0.3, -0.25) is 9.78 Å². The first-order valence-electron chi connectivity index (χ1n) is 11.6. The summed E-state index contributed by atoms with van der Waals surface area (Å²) in [7, 11) is 1.67. The number of fused-ring (bicyclic) bond motifs is 1. The SMILES string of the molecule is CCNCc1cc(-c2ccc3ncccc3c2)ccc1-c1cc(CC(=O)OCC)ccc1OC. The highest BCUT2D eigenvalue weighted by Crippen LogP contribution is 2.36. The minimum atomic E-state index is -0.229. The van der Waals surface area contributed by atoms with Crippen molar-refractivity contribution in [1.29, 1.82) is 0 Å². The first kappa shape index (κ1) is 23.5. The molecule has 5 heteroatoms. The Morgan fingerprint density at radius 1 is 0.941 bits per heavy atom. The van der Waals surface area contributed by atoms with Gasteiger partial charge in [0.25, 0.3) is 0 Å². The lowest BCUT2D eigenvalue weighted by Crippen LogP contribution is -2.13. The summed E-state index contributed by atoms with van der Waals surface area (Å²) < 4.78 is 10.8. The van der Waals surface area contributed by atoms with Gasteiger partial charge in [-0.25, -0.2) is 0 Å². The fraction of sp³-hybridized carbons (Fsp3) is 0.241. The van der Waals surface area contributed by atoms with E-state index in [1.165, 1.54) is 0 Å². The van der Waals surface area contributed by atoms with E-state index in [0.29, 0.717) is 6.61 Å². The van der Waals surface area contributed by atoms with Gasteiger partial charge < -0.3 is 14.8 Å². The number of nitrogens with one attached hydrogen (secondary N) is 1. The number of hydrogen-bond acceptors (Lipinski definition) is 5. The first-order valence-corrected chi connectivity index (χ1v) is 11.6. The van der Waals surface area contributed by atoms with Crippen LogP contribution in [0.2, 0.25) is 0 Å². The molecule has 1 N–H and O–H groups in total. The van der Waals surface area contributed by atoms with Crippen LogP contribution in [0.15, 0.2) is 72.9 Å². The van der Waals surface area contributed by atoms with Crippen LogP contribution >= 0.6 is 0 Å². The number of nitrogens with zero attached hydrogens (tertiary/aromatic N) is 1. The summed E-state index contributed by atoms with van der Waals surface area (Å²) in [6, 6.07) is 22.8. The van der Waals surface area contributed by atoms with Crippen LogP contribution in [0.3, 0.4) is 0 Å². The van der Waals surface area contributed by atoms with Gasteiger partial charge in [-0.1, -0.05) is 37.3 Å². The largest absolute Gasteiger partial charge is 0.496 e. The Morgan fingerprint density at radius 3 is 2.56 bits per heavy atom. The molecule has 0 amide bonds. The maximum absolute atomic E-state index is 12.0. The second-order valence-corrected chi connectivity index (χ2v) is 8.08. The average molecular weight is 455 g/mol. The molecular formula is C29H30N2O3. The van der Waals surface area contributed by atoms with E-state index in [4.69, 9.17) is 9.47 Å². The third-order valence-corrected chi connectivity index (χ3v) is 5.81. The number of ether oxygens (including phenoxy) is 2. The molecule has 0 spiro atoms. The molecule has 34 heavy (non-hydrogen) atoms. The summed E-state index contributed by atoms with van der Waals surface area (Å²) in [5, 5.41) is 4.58. The number of carbonyl (C=O) groups excluding carboxylic acids is 1. The molecule has 1 aromatic heterocycles. The van der Waals surface area contributed by atoms with Crippen molar-refractivity contribution in [2.24, 2.45) is 0 Å². The number of esters is 1. The van der Waals surface area contributed by atoms with Gasteiger partial charge in [-0.15, -0.1) is 0 Å². The summed E-state index contributed by atoms with van der Waals surface area (Å²) in [4.78, 5) is 16.5. The Labute approximate surface area is 200 Å². The van der Waals surface area contributed by atoms with Gasteiger partial charge >= 0.3 is 5.97 Å². The molecule has 0 saturated heterocycles. The standard InChI is InChI=1S/C29H30N2O3/c1-4-30-19-24-18-21(22-10-12-27-23(17-22)7-6-14-31-27)9-11-25(24)26-15-20(8-13-28(26)33-3)16-29(32)34-5-2/h6-15,17-18,30H,4-5,16,19H2,1-3H3. The highest BCUT2D eigenvalue weighted by atomic mass is 16.5. The third-order valence-electron chi connectivity index (χ3n) is 5.81. The highest BCUT2D eigenvalue weighted by molar-refractivity contribution is 5.85. The Kier molecular flexibility index (Phi) is 7.55. The Balaban J connectivity index is 1.77. The summed E-state index contributed by atoms with van der Waals surface area (Å²) in [6.07, 6.45) is 2.05. The molecule has 0 aliphatic carbocycles. The van der Waals surface area contributed by atoms with Gasteiger partial charge in [0.2, 0.25) is 0 Å². The zero-order valence-electron chi connectivity index (χ0n) is 19.9. The lowest BCUT2D eigenvalue weighted by Gasteiger charge is -2.17. The molecule has 0 aliphatic heterocycles. The van der Waals surface area contributed by atoms with Gasteiger partial charge in [0.15, 0.2) is 0 Å². The summed E-state index contributed by atoms with van der Waals surface area (Å²) >= 11 is 0. The van der Waals surface area contributed by atoms with Gasteiger partial charge in [0.05, 0.1) is 25.7 Å². The first-order chi connectivity index (χ1) is 16.6. The predicted octanol–water partition coefficient (Wildman–Crippen LogP) is 5.79. The van der Waals surface area contributed by atoms with Crippen LogP contribution < -0.4 is 10.1 Å². The van der Waals surface area contributed by atoms with Gasteiger partial charge in [0, 0.05) is 23.7 Å². The number of aromatic nitrogens is 1. The predicted molar refractivity (Wildman–Crippen MR) is 137 cm³/mol. The molecular weight excluding hydrogens is 424 g/mol. The zero-order chi connectivity index (χ0) is 23.9. The van der Waals surface area contributed by atoms with Crippen molar-refractivity contribution in [2.45, 2.75) is 26.8 Å². The smallest absolute Gasteiger partial charge is 0.310 e. The molecule has 3 aromatic carbocycles. The number of benzene rings is 3. The monoisotopic (exact) mass is 454 g/mol. The summed E-state index contributed by atoms with van der Waals surface area (Å²) in [6.45, 7) is 5.88. The Hall–Kier alpha value is -3.70. The molecule has 0 bridgehead atoms. The van der Waals surface area contributed by atoms with Crippen molar-refractivity contribution in [1.82, 2.24) is 10.3 Å². The minimum Gasteiger partial charge on any atom is -0.496 e. The number of methoxy groups -OCH3 is 1. The zero-order valence-corrected chi connectivity index (χ0v) is 19.9. The normalized spacial score (nSPS) is 10.9. The maximum Gasteiger partial charge on any atom is 0.310 e. The second kappa shape index (κ2) is 10.9. The third kappa shape index (κ3) is 5.26. The van der Waals surface area contributed by atoms with Crippen LogP contribution in [0.4, 0.5) is 0 Å². The number of hydrogen-bond donors (Lipinski definition) is 1. The molecule has 0 saturated carbocycles. The molecule has 5 nitrogen and oxygen atoms in total. The van der Waals surface area contributed by atoms with Crippen molar-refractivity contribution < 1.29 is 14.3 Å². The van der Waals surface area contributed by atoms with Gasteiger partial charge in [-0.2, -0.15) is 0 Å². The fourth-order valence-corrected chi connectivity index (χ4v) is 4.15. The van der Waals surface area contributed by atoms with E-state index in [1.54, 1.807) is 7.11 Å². The molecule has 4 rings (SSSR count). The van der Waals surface area contributed by atoms with Crippen LogP contribution in [0.5, 0.6) is 5.75 Å². The minimum absolute atomic E-state index is 0.229. The Bertz CT molecular complexity index is 1300. The highest BCUT2D eigenvalue weighted by Gasteiger charge is 2.15. The number of carbonyl (C=O) groups is 1. The molecule has 4 aromatic rings. The van der Waals surface area contributed by atoms with Crippen LogP contribution in [0.1, 0.15) is 25.0 Å². The van der Waals surface area contributed by atoms with Gasteiger partial charge in [-0.05, 0) is 77.7 Å². The van der Waals surface area contributed by atoms with E-state index in [0.717, 1.165) is 63.1 Å². The van der Waals surface area contributed by atoms with Crippen molar-refractivity contribution >= 4 is 16.9 Å². The Morgan fingerprint density at radius 2 is 1.76 bits per heavy atom. The molecule has 0 atom stereocenters. The van der Waals surface area contributed by atoms with Crippen LogP contribution in [-0.4, -0.2) is 31.2 Å². The van der Waals surface area contributed by atoms with Gasteiger partial charge in [0.1, 0.15) is 5.75 Å². The summed E-state index contributed by atoms with van der Waals surface area (Å²) in [5.41, 5.74) is 7.38. The summed E-state index contributed by atoms with van der Waals surface area (Å²) in [5.74, 6) is 0.544. The van der Waals surface area contributed by atoms with E-state index < -0.39 is 0 Å². The number of pyridine rings is 1.